The average molecular weight is 376 g/mol. The number of carbonyl (C=O) groups is 1. The molecule has 1 aliphatic carbocycles. The maximum Gasteiger partial charge on any atom is 0.523 e. The number of hydrogen-bond donors (Lipinski definition) is 0. The molecule has 0 N–H and O–H groups in total. The minimum Gasteiger partial charge on any atom is -0.465 e. The first-order valence-electron chi connectivity index (χ1n) is 7.19. The number of carbonyl (C=O) groups excluding carboxylic acids is 1. The fourth-order valence-electron chi connectivity index (χ4n) is 3.19. The van der Waals surface area contributed by atoms with E-state index in [-0.39, 0.29) is 13.0 Å². The van der Waals surface area contributed by atoms with Crippen LogP contribution in [0.15, 0.2) is 0 Å². The van der Waals surface area contributed by atoms with E-state index < -0.39 is 51.1 Å². The SMILES string of the molecule is CC(=O)OC[C@H]1C[C@H](OS(=O)(=O)C(F)(F)F)[C@@H]2OC(C)(C)O[C@]12C. The van der Waals surface area contributed by atoms with Gasteiger partial charge in [0.05, 0.1) is 6.61 Å². The molecule has 1 saturated heterocycles. The van der Waals surface area contributed by atoms with Crippen LogP contribution in [0, 0.1) is 5.92 Å². The van der Waals surface area contributed by atoms with Crippen molar-refractivity contribution < 1.29 is 44.8 Å². The molecule has 1 saturated carbocycles. The molecule has 7 nitrogen and oxygen atoms in total. The van der Waals surface area contributed by atoms with E-state index in [1.54, 1.807) is 20.8 Å². The number of hydrogen-bond acceptors (Lipinski definition) is 7. The maximum absolute atomic E-state index is 12.6. The van der Waals surface area contributed by atoms with E-state index >= 15 is 0 Å². The number of halogens is 3. The van der Waals surface area contributed by atoms with Gasteiger partial charge in [0, 0.05) is 12.8 Å². The second kappa shape index (κ2) is 5.82. The van der Waals surface area contributed by atoms with Crippen LogP contribution in [0.5, 0.6) is 0 Å². The zero-order valence-electron chi connectivity index (χ0n) is 13.5. The molecule has 0 aromatic carbocycles. The smallest absolute Gasteiger partial charge is 0.465 e. The van der Waals surface area contributed by atoms with E-state index in [1.165, 1.54) is 6.92 Å². The second-order valence-corrected chi connectivity index (χ2v) is 8.06. The van der Waals surface area contributed by atoms with Gasteiger partial charge in [-0.15, -0.1) is 0 Å². The number of rotatable bonds is 4. The maximum atomic E-state index is 12.6. The van der Waals surface area contributed by atoms with Crippen LogP contribution in [0.1, 0.15) is 34.1 Å². The van der Waals surface area contributed by atoms with E-state index in [4.69, 9.17) is 14.2 Å². The van der Waals surface area contributed by atoms with E-state index in [0.29, 0.717) is 0 Å². The molecule has 11 heteroatoms. The van der Waals surface area contributed by atoms with Crippen LogP contribution < -0.4 is 0 Å². The van der Waals surface area contributed by atoms with Gasteiger partial charge in [0.1, 0.15) is 17.8 Å². The number of esters is 1. The van der Waals surface area contributed by atoms with Crippen molar-refractivity contribution >= 4 is 16.1 Å². The van der Waals surface area contributed by atoms with Crippen molar-refractivity contribution in [1.29, 1.82) is 0 Å². The predicted octanol–water partition coefficient (Wildman–Crippen LogP) is 1.71. The first-order valence-corrected chi connectivity index (χ1v) is 8.60. The molecule has 1 aliphatic heterocycles. The molecule has 2 fully saturated rings. The molecule has 0 aromatic rings. The molecule has 0 bridgehead atoms. The van der Waals surface area contributed by atoms with E-state index in [2.05, 4.69) is 4.18 Å². The predicted molar refractivity (Wildman–Crippen MR) is 73.0 cm³/mol. The first kappa shape index (κ1) is 19.4. The standard InChI is InChI=1S/C13H19F3O7S/c1-7(17)20-6-8-5-9(22-24(18,19)13(14,15)16)10-12(8,4)23-11(2,3)21-10/h8-10H,5-6H2,1-4H3/t8-,9+,10+,12-/m1/s1. The molecule has 0 radical (unpaired) electrons. The molecule has 0 aromatic heterocycles. The van der Waals surface area contributed by atoms with Gasteiger partial charge in [-0.2, -0.15) is 21.6 Å². The van der Waals surface area contributed by atoms with Crippen molar-refractivity contribution in [3.05, 3.63) is 0 Å². The van der Waals surface area contributed by atoms with Gasteiger partial charge in [-0.1, -0.05) is 0 Å². The Morgan fingerprint density at radius 3 is 2.38 bits per heavy atom. The van der Waals surface area contributed by atoms with E-state index in [1.807, 2.05) is 0 Å². The second-order valence-electron chi connectivity index (χ2n) is 6.49. The highest BCUT2D eigenvalue weighted by Gasteiger charge is 2.64. The Hall–Kier alpha value is -0.910. The van der Waals surface area contributed by atoms with Crippen LogP contribution in [0.3, 0.4) is 0 Å². The molecule has 2 aliphatic rings. The minimum absolute atomic E-state index is 0.125. The Labute approximate surface area is 137 Å². The summed E-state index contributed by atoms with van der Waals surface area (Å²) in [5, 5.41) is 0. The van der Waals surface area contributed by atoms with Crippen LogP contribution in [-0.4, -0.2) is 50.1 Å². The van der Waals surface area contributed by atoms with E-state index in [0.717, 1.165) is 0 Å². The Balaban J connectivity index is 2.26. The molecule has 0 unspecified atom stereocenters. The van der Waals surface area contributed by atoms with Crippen LogP contribution in [0.2, 0.25) is 0 Å². The van der Waals surface area contributed by atoms with Crippen LogP contribution in [0.4, 0.5) is 13.2 Å². The number of ether oxygens (including phenoxy) is 3. The highest BCUT2D eigenvalue weighted by atomic mass is 32.2. The van der Waals surface area contributed by atoms with Gasteiger partial charge >= 0.3 is 21.6 Å². The summed E-state index contributed by atoms with van der Waals surface area (Å²) < 4.78 is 81.0. The molecule has 140 valence electrons. The zero-order chi connectivity index (χ0) is 18.6. The lowest BCUT2D eigenvalue weighted by atomic mass is 9.92. The van der Waals surface area contributed by atoms with Crippen molar-refractivity contribution in [2.75, 3.05) is 6.61 Å². The lowest BCUT2D eigenvalue weighted by Gasteiger charge is -2.30. The fraction of sp³-hybridized carbons (Fsp3) is 0.923. The summed E-state index contributed by atoms with van der Waals surface area (Å²) in [6.45, 7) is 5.72. The highest BCUT2D eigenvalue weighted by molar-refractivity contribution is 7.87. The van der Waals surface area contributed by atoms with Gasteiger partial charge in [-0.05, 0) is 27.2 Å². The quantitative estimate of drug-likeness (QED) is 0.419. The van der Waals surface area contributed by atoms with E-state index in [9.17, 15) is 26.4 Å². The molecule has 1 heterocycles. The summed E-state index contributed by atoms with van der Waals surface area (Å²) in [6.07, 6.45) is -2.58. The molecule has 2 rings (SSSR count). The Morgan fingerprint density at radius 1 is 1.29 bits per heavy atom. The number of alkyl halides is 3. The van der Waals surface area contributed by atoms with Gasteiger partial charge in [-0.25, -0.2) is 0 Å². The topological polar surface area (TPSA) is 88.1 Å². The van der Waals surface area contributed by atoms with Crippen molar-refractivity contribution in [2.24, 2.45) is 5.92 Å². The Bertz CT molecular complexity index is 616. The highest BCUT2D eigenvalue weighted by Crippen LogP contribution is 2.51. The molecular weight excluding hydrogens is 357 g/mol. The molecular formula is C13H19F3O7S. The van der Waals surface area contributed by atoms with Crippen molar-refractivity contribution in [3.63, 3.8) is 0 Å². The van der Waals surface area contributed by atoms with Crippen LogP contribution >= 0.6 is 0 Å². The lowest BCUT2D eigenvalue weighted by molar-refractivity contribution is -0.183. The Kier molecular flexibility index (Phi) is 4.71. The fourth-order valence-corrected chi connectivity index (χ4v) is 3.81. The van der Waals surface area contributed by atoms with Gasteiger partial charge < -0.3 is 14.2 Å². The van der Waals surface area contributed by atoms with Gasteiger partial charge in [0.15, 0.2) is 5.79 Å². The monoisotopic (exact) mass is 376 g/mol. The summed E-state index contributed by atoms with van der Waals surface area (Å²) in [6, 6.07) is 0. The third kappa shape index (κ3) is 3.53. The Morgan fingerprint density at radius 2 is 1.88 bits per heavy atom. The van der Waals surface area contributed by atoms with Crippen molar-refractivity contribution in [1.82, 2.24) is 0 Å². The summed E-state index contributed by atoms with van der Waals surface area (Å²) in [5.74, 6) is -2.29. The van der Waals surface area contributed by atoms with Crippen LogP contribution in [0.25, 0.3) is 0 Å². The summed E-state index contributed by atoms with van der Waals surface area (Å²) >= 11 is 0. The van der Waals surface area contributed by atoms with Gasteiger partial charge in [0.2, 0.25) is 0 Å². The average Bonchev–Trinajstić information content (AvgIpc) is 2.73. The summed E-state index contributed by atoms with van der Waals surface area (Å²) in [4.78, 5) is 11.0. The summed E-state index contributed by atoms with van der Waals surface area (Å²) in [5.41, 5.74) is -6.68. The third-order valence-corrected chi connectivity index (χ3v) is 5.20. The summed E-state index contributed by atoms with van der Waals surface area (Å²) in [7, 11) is -5.78. The van der Waals surface area contributed by atoms with Crippen molar-refractivity contribution in [3.8, 4) is 0 Å². The van der Waals surface area contributed by atoms with Crippen LogP contribution in [-0.2, 0) is 33.3 Å². The normalized spacial score (nSPS) is 35.7. The third-order valence-electron chi connectivity index (χ3n) is 4.13. The first-order chi connectivity index (χ1) is 10.7. The zero-order valence-corrected chi connectivity index (χ0v) is 14.4. The molecule has 24 heavy (non-hydrogen) atoms. The minimum atomic E-state index is -5.78. The molecule has 0 amide bonds. The van der Waals surface area contributed by atoms with Crippen molar-refractivity contribution in [2.45, 2.75) is 63.2 Å². The molecule has 0 spiro atoms. The lowest BCUT2D eigenvalue weighted by Crippen LogP contribution is -2.43. The number of fused-ring (bicyclic) bond motifs is 1. The largest absolute Gasteiger partial charge is 0.523 e. The molecule has 4 atom stereocenters. The van der Waals surface area contributed by atoms with Gasteiger partial charge in [0.25, 0.3) is 0 Å². The van der Waals surface area contributed by atoms with Gasteiger partial charge in [-0.3, -0.25) is 8.98 Å².